The van der Waals surface area contributed by atoms with Crippen LogP contribution in [-0.2, 0) is 13.7 Å². The van der Waals surface area contributed by atoms with Crippen LogP contribution in [0.1, 0.15) is 0 Å². The fourth-order valence-electron chi connectivity index (χ4n) is 0. The van der Waals surface area contributed by atoms with Gasteiger partial charge in [-0.1, -0.05) is 0 Å². The van der Waals surface area contributed by atoms with Crippen LogP contribution in [0.3, 0.4) is 0 Å². The zero-order valence-corrected chi connectivity index (χ0v) is 10.4. The van der Waals surface area contributed by atoms with E-state index in [0.29, 0.717) is 0 Å². The molecule has 0 atom stereocenters. The minimum absolute atomic E-state index is 4.00. The standard InChI is InChI=1S/H4N2.3H3O4P/c1-2;3*1-5(2,3)4/h1-2H2;3*(H3,1,2,3,4). The summed E-state index contributed by atoms with van der Waals surface area (Å²) in [4.78, 5) is 64.7. The first-order chi connectivity index (χ1) is 7.00. The second kappa shape index (κ2) is 11.3. The molecule has 110 valence electrons. The van der Waals surface area contributed by atoms with Gasteiger partial charge >= 0.3 is 23.5 Å². The van der Waals surface area contributed by atoms with Gasteiger partial charge in [0.15, 0.2) is 0 Å². The van der Waals surface area contributed by atoms with Crippen LogP contribution in [0.15, 0.2) is 0 Å². The number of hydrazine groups is 1. The van der Waals surface area contributed by atoms with Gasteiger partial charge in [0.2, 0.25) is 0 Å². The molecule has 0 rings (SSSR count). The van der Waals surface area contributed by atoms with E-state index in [-0.39, 0.29) is 0 Å². The van der Waals surface area contributed by atoms with Gasteiger partial charge in [0, 0.05) is 0 Å². The molecule has 0 spiro atoms. The van der Waals surface area contributed by atoms with Crippen LogP contribution >= 0.6 is 23.5 Å². The predicted molar refractivity (Wildman–Crippen MR) is 51.2 cm³/mol. The van der Waals surface area contributed by atoms with Crippen molar-refractivity contribution in [2.75, 3.05) is 0 Å². The van der Waals surface area contributed by atoms with Crippen molar-refractivity contribution in [2.24, 2.45) is 11.7 Å². The number of rotatable bonds is 0. The molecule has 0 aromatic carbocycles. The van der Waals surface area contributed by atoms with Crippen molar-refractivity contribution in [3.05, 3.63) is 0 Å². The lowest BCUT2D eigenvalue weighted by Gasteiger charge is -1.82. The summed E-state index contributed by atoms with van der Waals surface area (Å²) in [6, 6.07) is 0. The first-order valence-corrected chi connectivity index (χ1v) is 7.38. The van der Waals surface area contributed by atoms with Gasteiger partial charge in [0.05, 0.1) is 0 Å². The van der Waals surface area contributed by atoms with Gasteiger partial charge < -0.3 is 44.0 Å². The Labute approximate surface area is 93.8 Å². The van der Waals surface area contributed by atoms with Crippen LogP contribution in [-0.4, -0.2) is 44.0 Å². The third kappa shape index (κ3) is 52800. The highest BCUT2D eigenvalue weighted by Crippen LogP contribution is 2.26. The van der Waals surface area contributed by atoms with Crippen LogP contribution < -0.4 is 11.7 Å². The summed E-state index contributed by atoms with van der Waals surface area (Å²) in [5.74, 6) is 8.00. The fraction of sp³-hybridized carbons (Fsp3) is 0. The largest absolute Gasteiger partial charge is 0.466 e. The van der Waals surface area contributed by atoms with Gasteiger partial charge in [-0.05, 0) is 0 Å². The Hall–Kier alpha value is 0.250. The summed E-state index contributed by atoms with van der Waals surface area (Å²) in [6.45, 7) is 0. The van der Waals surface area contributed by atoms with Gasteiger partial charge in [-0.3, -0.25) is 11.7 Å². The molecule has 0 saturated heterocycles. The Balaban J connectivity index is -0.0000000693. The second-order valence-corrected chi connectivity index (χ2v) is 4.62. The van der Waals surface area contributed by atoms with Gasteiger partial charge in [0.1, 0.15) is 0 Å². The van der Waals surface area contributed by atoms with Gasteiger partial charge in [-0.15, -0.1) is 0 Å². The molecule has 0 aliphatic rings. The Bertz CT molecular complexity index is 206. The Morgan fingerprint density at radius 3 is 0.471 bits per heavy atom. The van der Waals surface area contributed by atoms with Crippen molar-refractivity contribution in [1.82, 2.24) is 0 Å². The Morgan fingerprint density at radius 1 is 0.471 bits per heavy atom. The average molecular weight is 326 g/mol. The van der Waals surface area contributed by atoms with Gasteiger partial charge in [-0.2, -0.15) is 0 Å². The first-order valence-electron chi connectivity index (χ1n) is 2.68. The van der Waals surface area contributed by atoms with Gasteiger partial charge in [-0.25, -0.2) is 13.7 Å². The molecule has 17 heavy (non-hydrogen) atoms. The summed E-state index contributed by atoms with van der Waals surface area (Å²) in [6.07, 6.45) is 0. The predicted octanol–water partition coefficient (Wildman–Crippen LogP) is -3.97. The second-order valence-electron chi connectivity index (χ2n) is 1.54. The van der Waals surface area contributed by atoms with Crippen LogP contribution in [0.2, 0.25) is 0 Å². The molecule has 0 radical (unpaired) electrons. The van der Waals surface area contributed by atoms with Crippen molar-refractivity contribution in [2.45, 2.75) is 0 Å². The number of hydrogen-bond acceptors (Lipinski definition) is 5. The van der Waals surface area contributed by atoms with Crippen molar-refractivity contribution >= 4 is 23.5 Å². The van der Waals surface area contributed by atoms with E-state index in [1.165, 1.54) is 0 Å². The van der Waals surface area contributed by atoms with E-state index in [1.807, 2.05) is 0 Å². The summed E-state index contributed by atoms with van der Waals surface area (Å²) in [5.41, 5.74) is 0. The van der Waals surface area contributed by atoms with Crippen molar-refractivity contribution in [3.8, 4) is 0 Å². The highest BCUT2D eigenvalue weighted by atomic mass is 31.2. The zero-order chi connectivity index (χ0) is 15.5. The van der Waals surface area contributed by atoms with Crippen LogP contribution in [0.5, 0.6) is 0 Å². The number of phosphoric acid groups is 3. The zero-order valence-electron chi connectivity index (χ0n) is 7.75. The molecular formula is H13N2O12P3. The summed E-state index contributed by atoms with van der Waals surface area (Å²) in [5, 5.41) is 0. The molecule has 0 bridgehead atoms. The van der Waals surface area contributed by atoms with E-state index < -0.39 is 23.5 Å². The smallest absolute Gasteiger partial charge is 0.303 e. The molecule has 14 nitrogen and oxygen atoms in total. The van der Waals surface area contributed by atoms with E-state index in [0.717, 1.165) is 0 Å². The molecule has 13 N–H and O–H groups in total. The maximum atomic E-state index is 8.88. The van der Waals surface area contributed by atoms with Crippen molar-refractivity contribution in [1.29, 1.82) is 0 Å². The molecule has 0 aromatic heterocycles. The van der Waals surface area contributed by atoms with Crippen LogP contribution in [0, 0.1) is 0 Å². The number of hydrogen-bond donors (Lipinski definition) is 11. The summed E-state index contributed by atoms with van der Waals surface area (Å²) < 4.78 is 26.6. The monoisotopic (exact) mass is 326 g/mol. The van der Waals surface area contributed by atoms with E-state index in [1.54, 1.807) is 0 Å². The molecule has 17 heteroatoms. The summed E-state index contributed by atoms with van der Waals surface area (Å²) >= 11 is 0. The first kappa shape index (κ1) is 25.9. The molecule has 0 heterocycles. The highest BCUT2D eigenvalue weighted by molar-refractivity contribution is 7.45. The van der Waals surface area contributed by atoms with E-state index in [9.17, 15) is 0 Å². The molecule has 0 aliphatic carbocycles. The van der Waals surface area contributed by atoms with Crippen LogP contribution in [0.4, 0.5) is 0 Å². The van der Waals surface area contributed by atoms with E-state index >= 15 is 0 Å². The highest BCUT2D eigenvalue weighted by Gasteiger charge is 2.01. The fourth-order valence-corrected chi connectivity index (χ4v) is 0. The lowest BCUT2D eigenvalue weighted by molar-refractivity contribution is 0.272. The maximum Gasteiger partial charge on any atom is 0.466 e. The minimum atomic E-state index is -4.64. The topological polar surface area (TPSA) is 285 Å². The molecular weight excluding hydrogens is 313 g/mol. The third-order valence-corrected chi connectivity index (χ3v) is 0. The average Bonchev–Trinajstić information content (AvgIpc) is 1.77. The van der Waals surface area contributed by atoms with Gasteiger partial charge in [0.25, 0.3) is 0 Å². The number of nitrogens with two attached hydrogens (primary N) is 2. The molecule has 0 amide bonds. The maximum absolute atomic E-state index is 8.88. The lowest BCUT2D eigenvalue weighted by Crippen LogP contribution is -2.02. The Kier molecular flexibility index (Phi) is 17.3. The third-order valence-electron chi connectivity index (χ3n) is 0. The molecule has 0 saturated carbocycles. The molecule has 0 fully saturated rings. The molecule has 0 aromatic rings. The summed E-state index contributed by atoms with van der Waals surface area (Å²) in [7, 11) is -13.9. The van der Waals surface area contributed by atoms with E-state index in [4.69, 9.17) is 57.7 Å². The SMILES string of the molecule is NN.O=P(O)(O)O.O=P(O)(O)O.O=P(O)(O)O. The minimum Gasteiger partial charge on any atom is -0.303 e. The molecule has 0 unspecified atom stereocenters. The van der Waals surface area contributed by atoms with E-state index in [2.05, 4.69) is 11.7 Å². The normalized spacial score (nSPS) is 10.8. The Morgan fingerprint density at radius 2 is 0.471 bits per heavy atom. The quantitative estimate of drug-likeness (QED) is 0.115. The van der Waals surface area contributed by atoms with Crippen molar-refractivity contribution in [3.63, 3.8) is 0 Å². The van der Waals surface area contributed by atoms with Crippen molar-refractivity contribution < 1.29 is 57.7 Å². The lowest BCUT2D eigenvalue weighted by atomic mass is 13.0. The van der Waals surface area contributed by atoms with Crippen LogP contribution in [0.25, 0.3) is 0 Å². The molecule has 0 aliphatic heterocycles.